The maximum Gasteiger partial charge on any atom is 0.221 e. The number of likely N-dealkylation sites (N-methyl/N-ethyl adjacent to an activating group) is 1. The van der Waals surface area contributed by atoms with Crippen LogP contribution < -0.4 is 11.1 Å². The summed E-state index contributed by atoms with van der Waals surface area (Å²) in [7, 11) is 0. The van der Waals surface area contributed by atoms with Crippen LogP contribution in [0, 0.1) is 0 Å². The highest BCUT2D eigenvalue weighted by Crippen LogP contribution is 2.18. The fourth-order valence-electron chi connectivity index (χ4n) is 2.98. The van der Waals surface area contributed by atoms with Gasteiger partial charge in [0.15, 0.2) is 0 Å². The molecule has 2 unspecified atom stereocenters. The maximum atomic E-state index is 11.7. The van der Waals surface area contributed by atoms with E-state index in [1.807, 2.05) is 6.92 Å². The van der Waals surface area contributed by atoms with Gasteiger partial charge in [0.2, 0.25) is 5.91 Å². The Bertz CT molecular complexity index is 268. The first kappa shape index (κ1) is 16.4. The van der Waals surface area contributed by atoms with Gasteiger partial charge >= 0.3 is 0 Å². The van der Waals surface area contributed by atoms with Crippen molar-refractivity contribution in [2.75, 3.05) is 39.3 Å². The van der Waals surface area contributed by atoms with Crippen LogP contribution in [0.5, 0.6) is 0 Å². The molecule has 0 saturated carbocycles. The number of hydrogen-bond donors (Lipinski definition) is 2. The number of nitrogens with two attached hydrogens (primary N) is 1. The lowest BCUT2D eigenvalue weighted by Gasteiger charge is -2.29. The molecule has 1 fully saturated rings. The SMILES string of the molecule is CCNC(=O)CC(CN)N1CCC(N(CC)CC)C1. The minimum Gasteiger partial charge on any atom is -0.356 e. The van der Waals surface area contributed by atoms with Crippen molar-refractivity contribution in [1.29, 1.82) is 0 Å². The van der Waals surface area contributed by atoms with Crippen molar-refractivity contribution < 1.29 is 4.79 Å². The lowest BCUT2D eigenvalue weighted by atomic mass is 10.1. The van der Waals surface area contributed by atoms with Crippen molar-refractivity contribution in [2.45, 2.75) is 45.7 Å². The largest absolute Gasteiger partial charge is 0.356 e. The Labute approximate surface area is 117 Å². The highest BCUT2D eigenvalue weighted by molar-refractivity contribution is 5.76. The van der Waals surface area contributed by atoms with Crippen LogP contribution >= 0.6 is 0 Å². The predicted molar refractivity (Wildman–Crippen MR) is 79.0 cm³/mol. The Morgan fingerprint density at radius 3 is 2.63 bits per heavy atom. The first-order chi connectivity index (χ1) is 9.15. The zero-order chi connectivity index (χ0) is 14.3. The molecule has 1 aliphatic rings. The van der Waals surface area contributed by atoms with Crippen LogP contribution in [0.3, 0.4) is 0 Å². The number of carbonyl (C=O) groups excluding carboxylic acids is 1. The number of likely N-dealkylation sites (tertiary alicyclic amines) is 1. The minimum absolute atomic E-state index is 0.115. The maximum absolute atomic E-state index is 11.7. The summed E-state index contributed by atoms with van der Waals surface area (Å²) in [6.07, 6.45) is 1.71. The minimum atomic E-state index is 0.115. The van der Waals surface area contributed by atoms with Crippen molar-refractivity contribution in [1.82, 2.24) is 15.1 Å². The normalized spacial score (nSPS) is 21.8. The zero-order valence-electron chi connectivity index (χ0n) is 12.7. The summed E-state index contributed by atoms with van der Waals surface area (Å²) in [6.45, 7) is 11.9. The molecule has 2 atom stereocenters. The summed E-state index contributed by atoms with van der Waals surface area (Å²) in [5, 5.41) is 2.86. The van der Waals surface area contributed by atoms with Crippen molar-refractivity contribution in [2.24, 2.45) is 5.73 Å². The molecule has 1 aliphatic heterocycles. The molecule has 5 heteroatoms. The van der Waals surface area contributed by atoms with E-state index in [2.05, 4.69) is 29.0 Å². The van der Waals surface area contributed by atoms with Gasteiger partial charge in [-0.1, -0.05) is 13.8 Å². The number of rotatable bonds is 8. The van der Waals surface area contributed by atoms with Gasteiger partial charge in [-0.15, -0.1) is 0 Å². The van der Waals surface area contributed by atoms with E-state index in [4.69, 9.17) is 5.73 Å². The van der Waals surface area contributed by atoms with Gasteiger partial charge in [0.05, 0.1) is 0 Å². The molecule has 0 bridgehead atoms. The van der Waals surface area contributed by atoms with E-state index in [0.29, 0.717) is 25.6 Å². The fraction of sp³-hybridized carbons (Fsp3) is 0.929. The molecule has 0 aromatic carbocycles. The Balaban J connectivity index is 2.48. The van der Waals surface area contributed by atoms with Crippen LogP contribution in [0.25, 0.3) is 0 Å². The van der Waals surface area contributed by atoms with Gasteiger partial charge in [-0.05, 0) is 26.4 Å². The third-order valence-corrected chi connectivity index (χ3v) is 4.11. The summed E-state index contributed by atoms with van der Waals surface area (Å²) in [5.74, 6) is 0.115. The second kappa shape index (κ2) is 8.51. The van der Waals surface area contributed by atoms with Gasteiger partial charge in [0.1, 0.15) is 0 Å². The molecule has 112 valence electrons. The van der Waals surface area contributed by atoms with Gasteiger partial charge in [-0.2, -0.15) is 0 Å². The second-order valence-corrected chi connectivity index (χ2v) is 5.21. The summed E-state index contributed by atoms with van der Waals surface area (Å²) >= 11 is 0. The summed E-state index contributed by atoms with van der Waals surface area (Å²) < 4.78 is 0. The Morgan fingerprint density at radius 2 is 2.11 bits per heavy atom. The molecule has 19 heavy (non-hydrogen) atoms. The molecule has 0 spiro atoms. The smallest absolute Gasteiger partial charge is 0.221 e. The molecule has 1 saturated heterocycles. The molecule has 1 amide bonds. The lowest BCUT2D eigenvalue weighted by Crippen LogP contribution is -2.45. The van der Waals surface area contributed by atoms with Crippen LogP contribution in [0.4, 0.5) is 0 Å². The van der Waals surface area contributed by atoms with E-state index in [1.54, 1.807) is 0 Å². The quantitative estimate of drug-likeness (QED) is 0.664. The molecule has 5 nitrogen and oxygen atoms in total. The number of nitrogens with zero attached hydrogens (tertiary/aromatic N) is 2. The van der Waals surface area contributed by atoms with E-state index >= 15 is 0 Å². The molecular formula is C14H30N4O. The topological polar surface area (TPSA) is 61.6 Å². The van der Waals surface area contributed by atoms with Gasteiger partial charge < -0.3 is 11.1 Å². The highest BCUT2D eigenvalue weighted by atomic mass is 16.1. The van der Waals surface area contributed by atoms with Gasteiger partial charge in [0.25, 0.3) is 0 Å². The van der Waals surface area contributed by atoms with Crippen molar-refractivity contribution in [3.63, 3.8) is 0 Å². The Morgan fingerprint density at radius 1 is 1.42 bits per heavy atom. The van der Waals surface area contributed by atoms with Crippen molar-refractivity contribution >= 4 is 5.91 Å². The van der Waals surface area contributed by atoms with Crippen LogP contribution in [0.2, 0.25) is 0 Å². The fourth-order valence-corrected chi connectivity index (χ4v) is 2.98. The Kier molecular flexibility index (Phi) is 7.34. The number of hydrogen-bond acceptors (Lipinski definition) is 4. The van der Waals surface area contributed by atoms with Crippen LogP contribution in [-0.4, -0.2) is 67.1 Å². The second-order valence-electron chi connectivity index (χ2n) is 5.21. The molecule has 0 aliphatic carbocycles. The van der Waals surface area contributed by atoms with E-state index in [1.165, 1.54) is 6.42 Å². The van der Waals surface area contributed by atoms with Gasteiger partial charge in [-0.25, -0.2) is 0 Å². The summed E-state index contributed by atoms with van der Waals surface area (Å²) in [4.78, 5) is 16.6. The highest BCUT2D eigenvalue weighted by Gasteiger charge is 2.30. The van der Waals surface area contributed by atoms with E-state index < -0.39 is 0 Å². The van der Waals surface area contributed by atoms with Crippen LogP contribution in [0.15, 0.2) is 0 Å². The molecule has 1 heterocycles. The molecule has 1 rings (SSSR count). The predicted octanol–water partition coefficient (Wildman–Crippen LogP) is 0.256. The van der Waals surface area contributed by atoms with E-state index in [0.717, 1.165) is 26.2 Å². The average molecular weight is 270 g/mol. The monoisotopic (exact) mass is 270 g/mol. The van der Waals surface area contributed by atoms with Crippen molar-refractivity contribution in [3.05, 3.63) is 0 Å². The van der Waals surface area contributed by atoms with Gasteiger partial charge in [-0.3, -0.25) is 14.6 Å². The number of amides is 1. The first-order valence-electron chi connectivity index (χ1n) is 7.61. The first-order valence-corrected chi connectivity index (χ1v) is 7.61. The zero-order valence-corrected chi connectivity index (χ0v) is 12.7. The van der Waals surface area contributed by atoms with Crippen molar-refractivity contribution in [3.8, 4) is 0 Å². The summed E-state index contributed by atoms with van der Waals surface area (Å²) in [6, 6.07) is 0.811. The third kappa shape index (κ3) is 4.75. The summed E-state index contributed by atoms with van der Waals surface area (Å²) in [5.41, 5.74) is 5.85. The molecule has 0 radical (unpaired) electrons. The number of nitrogens with one attached hydrogen (secondary N) is 1. The van der Waals surface area contributed by atoms with Gasteiger partial charge in [0, 0.05) is 44.7 Å². The molecule has 0 aromatic rings. The molecule has 3 N–H and O–H groups in total. The van der Waals surface area contributed by atoms with Crippen LogP contribution in [-0.2, 0) is 4.79 Å². The van der Waals surface area contributed by atoms with E-state index in [9.17, 15) is 4.79 Å². The number of carbonyl (C=O) groups is 1. The van der Waals surface area contributed by atoms with E-state index in [-0.39, 0.29) is 11.9 Å². The lowest BCUT2D eigenvalue weighted by molar-refractivity contribution is -0.122. The van der Waals surface area contributed by atoms with Crippen LogP contribution in [0.1, 0.15) is 33.6 Å². The molecular weight excluding hydrogens is 240 g/mol. The standard InChI is InChI=1S/C14H30N4O/c1-4-16-14(19)9-13(10-15)18-8-7-12(11-18)17(5-2)6-3/h12-13H,4-11,15H2,1-3H3,(H,16,19). The Hall–Kier alpha value is -0.650. The third-order valence-electron chi connectivity index (χ3n) is 4.11. The average Bonchev–Trinajstić information content (AvgIpc) is 2.87. The molecule has 0 aromatic heterocycles.